The number of pyridine rings is 2. The lowest BCUT2D eigenvalue weighted by Gasteiger charge is -2.33. The van der Waals surface area contributed by atoms with Crippen LogP contribution in [0.15, 0.2) is 97.6 Å². The highest BCUT2D eigenvalue weighted by Gasteiger charge is 2.44. The fraction of sp³-hybridized carbons (Fsp3) is 0.0400. The molecule has 0 saturated heterocycles. The van der Waals surface area contributed by atoms with E-state index in [9.17, 15) is 0 Å². The van der Waals surface area contributed by atoms with Crippen molar-refractivity contribution in [2.75, 3.05) is 0 Å². The van der Waals surface area contributed by atoms with E-state index in [1.807, 2.05) is 24.8 Å². The van der Waals surface area contributed by atoms with Crippen LogP contribution in [-0.2, 0) is 5.41 Å². The molecule has 0 atom stereocenters. The average Bonchev–Trinajstić information content (AvgIpc) is 3.06. The van der Waals surface area contributed by atoms with Crippen molar-refractivity contribution in [1.29, 1.82) is 0 Å². The van der Waals surface area contributed by atoms with Crippen molar-refractivity contribution in [2.24, 2.45) is 0 Å². The molecule has 3 aromatic carbocycles. The Kier molecular flexibility index (Phi) is 2.84. The number of aromatic nitrogens is 2. The van der Waals surface area contributed by atoms with Crippen LogP contribution in [-0.4, -0.2) is 9.97 Å². The van der Waals surface area contributed by atoms with Crippen molar-refractivity contribution in [2.45, 2.75) is 5.41 Å². The quantitative estimate of drug-likeness (QED) is 0.389. The van der Waals surface area contributed by atoms with Gasteiger partial charge in [-0.2, -0.15) is 0 Å². The molecule has 1 aliphatic rings. The molecule has 1 aliphatic carbocycles. The Labute approximate surface area is 157 Å². The molecule has 0 spiro atoms. The van der Waals surface area contributed by atoms with Gasteiger partial charge in [0, 0.05) is 24.8 Å². The Balaban J connectivity index is 1.90. The molecular weight excluding hydrogens is 328 g/mol. The minimum atomic E-state index is -0.353. The van der Waals surface area contributed by atoms with E-state index in [1.54, 1.807) is 0 Å². The van der Waals surface area contributed by atoms with E-state index in [-0.39, 0.29) is 5.41 Å². The third-order valence-electron chi connectivity index (χ3n) is 5.92. The summed E-state index contributed by atoms with van der Waals surface area (Å²) >= 11 is 0. The highest BCUT2D eigenvalue weighted by molar-refractivity contribution is 6.16. The lowest BCUT2D eigenvalue weighted by Crippen LogP contribution is -2.28. The first-order chi connectivity index (χ1) is 13.4. The van der Waals surface area contributed by atoms with E-state index in [1.165, 1.54) is 43.8 Å². The molecular formula is C25H16N2. The summed E-state index contributed by atoms with van der Waals surface area (Å²) in [5, 5.41) is 5.30. The molecule has 2 aromatic heterocycles. The highest BCUT2D eigenvalue weighted by atomic mass is 14.6. The van der Waals surface area contributed by atoms with Crippen molar-refractivity contribution in [3.8, 4) is 0 Å². The molecule has 6 rings (SSSR count). The van der Waals surface area contributed by atoms with Gasteiger partial charge in [-0.1, -0.05) is 48.5 Å². The lowest BCUT2D eigenvalue weighted by molar-refractivity contribution is 0.767. The van der Waals surface area contributed by atoms with Gasteiger partial charge in [-0.05, 0) is 68.1 Å². The zero-order valence-electron chi connectivity index (χ0n) is 14.6. The zero-order valence-corrected chi connectivity index (χ0v) is 14.6. The van der Waals surface area contributed by atoms with Gasteiger partial charge in [0.15, 0.2) is 0 Å². The van der Waals surface area contributed by atoms with E-state index < -0.39 is 0 Å². The van der Waals surface area contributed by atoms with E-state index in [4.69, 9.17) is 0 Å². The largest absolute Gasteiger partial charge is 0.265 e. The lowest BCUT2D eigenvalue weighted by atomic mass is 9.68. The van der Waals surface area contributed by atoms with Crippen molar-refractivity contribution in [3.63, 3.8) is 0 Å². The van der Waals surface area contributed by atoms with Gasteiger partial charge < -0.3 is 0 Å². The predicted octanol–water partition coefficient (Wildman–Crippen LogP) is 5.48. The van der Waals surface area contributed by atoms with E-state index in [0.717, 1.165) is 0 Å². The first-order valence-electron chi connectivity index (χ1n) is 9.17. The Morgan fingerprint density at radius 2 is 0.926 bits per heavy atom. The average molecular weight is 344 g/mol. The zero-order chi connectivity index (χ0) is 17.8. The first kappa shape index (κ1) is 14.6. The molecule has 27 heavy (non-hydrogen) atoms. The molecule has 126 valence electrons. The predicted molar refractivity (Wildman–Crippen MR) is 109 cm³/mol. The third-order valence-corrected chi connectivity index (χ3v) is 5.92. The van der Waals surface area contributed by atoms with Crippen LogP contribution in [0.3, 0.4) is 0 Å². The van der Waals surface area contributed by atoms with E-state index in [2.05, 4.69) is 82.8 Å². The van der Waals surface area contributed by atoms with Crippen molar-refractivity contribution in [1.82, 2.24) is 9.97 Å². The van der Waals surface area contributed by atoms with Gasteiger partial charge in [-0.15, -0.1) is 0 Å². The monoisotopic (exact) mass is 344 g/mol. The van der Waals surface area contributed by atoms with E-state index >= 15 is 0 Å². The number of hydrogen-bond acceptors (Lipinski definition) is 2. The molecule has 0 radical (unpaired) electrons. The standard InChI is InChI=1S/C25H16N2/c1-3-17-7-8-18-4-2-6-22-24(18)23(17)21(5-1)25(22,19-9-13-26-14-10-19)20-11-15-27-16-12-20/h1-16H. The summed E-state index contributed by atoms with van der Waals surface area (Å²) in [6.45, 7) is 0. The van der Waals surface area contributed by atoms with Crippen LogP contribution in [0, 0.1) is 0 Å². The Bertz CT molecular complexity index is 1200. The van der Waals surface area contributed by atoms with Crippen LogP contribution in [0.4, 0.5) is 0 Å². The van der Waals surface area contributed by atoms with Gasteiger partial charge in [0.25, 0.3) is 0 Å². The maximum Gasteiger partial charge on any atom is 0.0716 e. The summed E-state index contributed by atoms with van der Waals surface area (Å²) in [4.78, 5) is 8.55. The van der Waals surface area contributed by atoms with Crippen LogP contribution < -0.4 is 0 Å². The summed E-state index contributed by atoms with van der Waals surface area (Å²) in [5.41, 5.74) is 4.79. The molecule has 5 aromatic rings. The second-order valence-corrected chi connectivity index (χ2v) is 7.09. The molecule has 2 heteroatoms. The summed E-state index contributed by atoms with van der Waals surface area (Å²) in [6, 6.07) is 26.4. The van der Waals surface area contributed by atoms with Crippen LogP contribution in [0.2, 0.25) is 0 Å². The Morgan fingerprint density at radius 3 is 1.37 bits per heavy atom. The van der Waals surface area contributed by atoms with Crippen LogP contribution in [0.25, 0.3) is 21.5 Å². The number of benzene rings is 3. The van der Waals surface area contributed by atoms with Crippen LogP contribution >= 0.6 is 0 Å². The van der Waals surface area contributed by atoms with Gasteiger partial charge in [0.2, 0.25) is 0 Å². The molecule has 0 aliphatic heterocycles. The number of rotatable bonds is 2. The molecule has 0 saturated carbocycles. The molecule has 0 bridgehead atoms. The Hall–Kier alpha value is -3.52. The fourth-order valence-electron chi connectivity index (χ4n) is 4.92. The first-order valence-corrected chi connectivity index (χ1v) is 9.17. The Morgan fingerprint density at radius 1 is 0.481 bits per heavy atom. The maximum atomic E-state index is 4.28. The van der Waals surface area contributed by atoms with Gasteiger partial charge in [0.05, 0.1) is 5.41 Å². The maximum absolute atomic E-state index is 4.28. The smallest absolute Gasteiger partial charge is 0.0716 e. The van der Waals surface area contributed by atoms with Crippen LogP contribution in [0.5, 0.6) is 0 Å². The second kappa shape index (κ2) is 5.24. The SMILES string of the molecule is c1cc2c3c(c1)ccc1cccc(c13)C2(c1ccncc1)c1ccncc1. The minimum absolute atomic E-state index is 0.353. The normalized spacial score (nSPS) is 14.2. The molecule has 2 nitrogen and oxygen atoms in total. The van der Waals surface area contributed by atoms with Crippen molar-refractivity contribution in [3.05, 3.63) is 120 Å². The topological polar surface area (TPSA) is 25.8 Å². The summed E-state index contributed by atoms with van der Waals surface area (Å²) in [5.74, 6) is 0. The third kappa shape index (κ3) is 1.75. The molecule has 0 amide bonds. The summed E-state index contributed by atoms with van der Waals surface area (Å²) in [6.07, 6.45) is 7.56. The van der Waals surface area contributed by atoms with Gasteiger partial charge in [-0.3, -0.25) is 9.97 Å². The summed E-state index contributed by atoms with van der Waals surface area (Å²) < 4.78 is 0. The number of nitrogens with zero attached hydrogens (tertiary/aromatic N) is 2. The fourth-order valence-corrected chi connectivity index (χ4v) is 4.92. The molecule has 0 unspecified atom stereocenters. The molecule has 0 N–H and O–H groups in total. The van der Waals surface area contributed by atoms with Crippen molar-refractivity contribution >= 4 is 21.5 Å². The molecule has 2 heterocycles. The molecule has 0 fully saturated rings. The number of hydrogen-bond donors (Lipinski definition) is 0. The van der Waals surface area contributed by atoms with Gasteiger partial charge in [0.1, 0.15) is 0 Å². The van der Waals surface area contributed by atoms with Gasteiger partial charge >= 0.3 is 0 Å². The van der Waals surface area contributed by atoms with Gasteiger partial charge in [-0.25, -0.2) is 0 Å². The minimum Gasteiger partial charge on any atom is -0.265 e. The van der Waals surface area contributed by atoms with E-state index in [0.29, 0.717) is 0 Å². The van der Waals surface area contributed by atoms with Crippen LogP contribution in [0.1, 0.15) is 22.3 Å². The van der Waals surface area contributed by atoms with Crippen molar-refractivity contribution < 1.29 is 0 Å². The summed E-state index contributed by atoms with van der Waals surface area (Å²) in [7, 11) is 0. The highest BCUT2D eigenvalue weighted by Crippen LogP contribution is 2.55. The second-order valence-electron chi connectivity index (χ2n) is 7.09.